The number of hydrogen-bond acceptors (Lipinski definition) is 4. The molecule has 1 atom stereocenters. The van der Waals surface area contributed by atoms with Gasteiger partial charge < -0.3 is 19.9 Å². The van der Waals surface area contributed by atoms with Crippen LogP contribution in [-0.4, -0.2) is 31.3 Å². The summed E-state index contributed by atoms with van der Waals surface area (Å²) in [6.45, 7) is 4.44. The third-order valence-electron chi connectivity index (χ3n) is 3.10. The molecule has 0 aliphatic heterocycles. The Labute approximate surface area is 133 Å². The van der Waals surface area contributed by atoms with E-state index < -0.39 is 12.0 Å². The van der Waals surface area contributed by atoms with E-state index >= 15 is 0 Å². The van der Waals surface area contributed by atoms with E-state index in [0.29, 0.717) is 30.4 Å². The molecule has 0 bridgehead atoms. The summed E-state index contributed by atoms with van der Waals surface area (Å²) in [4.78, 5) is 11.2. The van der Waals surface area contributed by atoms with Crippen molar-refractivity contribution in [2.24, 2.45) is 5.92 Å². The largest absolute Gasteiger partial charge is 0.493 e. The van der Waals surface area contributed by atoms with Crippen molar-refractivity contribution in [3.8, 4) is 11.5 Å². The fraction of sp³-hybridized carbons (Fsp3) is 0.533. The number of benzene rings is 1. The van der Waals surface area contributed by atoms with Gasteiger partial charge in [-0.25, -0.2) is 0 Å². The molecule has 1 unspecified atom stereocenters. The fourth-order valence-corrected chi connectivity index (χ4v) is 2.47. The molecule has 1 aromatic carbocycles. The molecule has 5 nitrogen and oxygen atoms in total. The number of halogens is 1. The molecular weight excluding hydrogens is 338 g/mol. The summed E-state index contributed by atoms with van der Waals surface area (Å²) < 4.78 is 11.3. The van der Waals surface area contributed by atoms with Gasteiger partial charge >= 0.3 is 5.97 Å². The van der Waals surface area contributed by atoms with Crippen molar-refractivity contribution < 1.29 is 19.4 Å². The second-order valence-corrected chi connectivity index (χ2v) is 6.05. The Hall–Kier alpha value is -1.27. The average molecular weight is 360 g/mol. The third-order valence-corrected chi connectivity index (χ3v) is 3.83. The van der Waals surface area contributed by atoms with Gasteiger partial charge in [-0.15, -0.1) is 0 Å². The molecule has 118 valence electrons. The molecule has 0 aromatic heterocycles. The van der Waals surface area contributed by atoms with Gasteiger partial charge in [0, 0.05) is 11.0 Å². The Bertz CT molecular complexity index is 491. The first-order chi connectivity index (χ1) is 9.88. The number of rotatable bonds is 8. The zero-order valence-electron chi connectivity index (χ0n) is 12.8. The van der Waals surface area contributed by atoms with Crippen LogP contribution in [0.2, 0.25) is 0 Å². The molecule has 0 aliphatic rings. The monoisotopic (exact) mass is 359 g/mol. The lowest BCUT2D eigenvalue weighted by Crippen LogP contribution is -2.37. The summed E-state index contributed by atoms with van der Waals surface area (Å²) in [5, 5.41) is 12.3. The number of nitrogens with one attached hydrogen (secondary N) is 1. The summed E-state index contributed by atoms with van der Waals surface area (Å²) in [6.07, 6.45) is 0.584. The van der Waals surface area contributed by atoms with Crippen molar-refractivity contribution in [2.45, 2.75) is 32.9 Å². The van der Waals surface area contributed by atoms with Crippen LogP contribution < -0.4 is 14.8 Å². The Balaban J connectivity index is 2.84. The highest BCUT2D eigenvalue weighted by Crippen LogP contribution is 2.33. The van der Waals surface area contributed by atoms with E-state index in [1.54, 1.807) is 14.2 Å². The standard InChI is InChI=1S/C15H22BrNO4/c1-9(2)5-12(15(18)19)17-8-10-6-13(20-3)14(21-4)7-11(10)16/h6-7,9,12,17H,5,8H2,1-4H3,(H,18,19). The van der Waals surface area contributed by atoms with Gasteiger partial charge in [0.05, 0.1) is 14.2 Å². The summed E-state index contributed by atoms with van der Waals surface area (Å²) in [6, 6.07) is 3.09. The van der Waals surface area contributed by atoms with Crippen molar-refractivity contribution in [1.82, 2.24) is 5.32 Å². The lowest BCUT2D eigenvalue weighted by Gasteiger charge is -2.18. The minimum Gasteiger partial charge on any atom is -0.493 e. The summed E-state index contributed by atoms with van der Waals surface area (Å²) >= 11 is 3.47. The quantitative estimate of drug-likeness (QED) is 0.746. The molecule has 0 spiro atoms. The minimum atomic E-state index is -0.833. The summed E-state index contributed by atoms with van der Waals surface area (Å²) in [5.74, 6) is 0.728. The number of ether oxygens (including phenoxy) is 2. The van der Waals surface area contributed by atoms with E-state index in [4.69, 9.17) is 9.47 Å². The van der Waals surface area contributed by atoms with Crippen LogP contribution in [0.15, 0.2) is 16.6 Å². The molecule has 0 radical (unpaired) electrons. The lowest BCUT2D eigenvalue weighted by atomic mass is 10.0. The Morgan fingerprint density at radius 3 is 2.33 bits per heavy atom. The van der Waals surface area contributed by atoms with Crippen molar-refractivity contribution in [1.29, 1.82) is 0 Å². The SMILES string of the molecule is COc1cc(Br)c(CNC(CC(C)C)C(=O)O)cc1OC. The highest BCUT2D eigenvalue weighted by molar-refractivity contribution is 9.10. The van der Waals surface area contributed by atoms with Crippen LogP contribution in [0.5, 0.6) is 11.5 Å². The van der Waals surface area contributed by atoms with Crippen LogP contribution in [0.25, 0.3) is 0 Å². The molecule has 2 N–H and O–H groups in total. The molecule has 0 saturated carbocycles. The minimum absolute atomic E-state index is 0.312. The van der Waals surface area contributed by atoms with E-state index in [2.05, 4.69) is 21.2 Å². The summed E-state index contributed by atoms with van der Waals surface area (Å²) in [5.41, 5.74) is 0.919. The molecule has 1 aromatic rings. The van der Waals surface area contributed by atoms with Crippen LogP contribution in [0.3, 0.4) is 0 Å². The number of aliphatic carboxylic acids is 1. The maximum atomic E-state index is 11.2. The first-order valence-electron chi connectivity index (χ1n) is 6.75. The molecule has 0 saturated heterocycles. The van der Waals surface area contributed by atoms with Crippen molar-refractivity contribution >= 4 is 21.9 Å². The van der Waals surface area contributed by atoms with Gasteiger partial charge in [0.25, 0.3) is 0 Å². The van der Waals surface area contributed by atoms with E-state index in [-0.39, 0.29) is 0 Å². The fourth-order valence-electron chi connectivity index (χ4n) is 2.01. The van der Waals surface area contributed by atoms with E-state index in [1.807, 2.05) is 26.0 Å². The number of hydrogen-bond donors (Lipinski definition) is 2. The highest BCUT2D eigenvalue weighted by atomic mass is 79.9. The van der Waals surface area contributed by atoms with E-state index in [0.717, 1.165) is 10.0 Å². The van der Waals surface area contributed by atoms with Crippen molar-refractivity contribution in [3.05, 3.63) is 22.2 Å². The van der Waals surface area contributed by atoms with Crippen LogP contribution in [-0.2, 0) is 11.3 Å². The van der Waals surface area contributed by atoms with Crippen LogP contribution >= 0.6 is 15.9 Å². The summed E-state index contributed by atoms with van der Waals surface area (Å²) in [7, 11) is 3.15. The number of carbonyl (C=O) groups is 1. The van der Waals surface area contributed by atoms with Gasteiger partial charge in [0.1, 0.15) is 6.04 Å². The van der Waals surface area contributed by atoms with Gasteiger partial charge in [-0.1, -0.05) is 29.8 Å². The molecule has 0 aliphatic carbocycles. The number of methoxy groups -OCH3 is 2. The zero-order chi connectivity index (χ0) is 16.0. The number of carboxylic acid groups (broad SMARTS) is 1. The van der Waals surface area contributed by atoms with Crippen LogP contribution in [0.1, 0.15) is 25.8 Å². The normalized spacial score (nSPS) is 12.3. The van der Waals surface area contributed by atoms with E-state index in [9.17, 15) is 9.90 Å². The predicted molar refractivity (Wildman–Crippen MR) is 85.0 cm³/mol. The van der Waals surface area contributed by atoms with Crippen molar-refractivity contribution in [3.63, 3.8) is 0 Å². The Morgan fingerprint density at radius 1 is 1.29 bits per heavy atom. The van der Waals surface area contributed by atoms with Gasteiger partial charge in [0.15, 0.2) is 11.5 Å². The third kappa shape index (κ3) is 5.21. The van der Waals surface area contributed by atoms with Crippen molar-refractivity contribution in [2.75, 3.05) is 14.2 Å². The molecule has 6 heteroatoms. The van der Waals surface area contributed by atoms with Gasteiger partial charge in [-0.2, -0.15) is 0 Å². The molecule has 21 heavy (non-hydrogen) atoms. The average Bonchev–Trinajstić information content (AvgIpc) is 2.43. The Morgan fingerprint density at radius 2 is 1.86 bits per heavy atom. The molecule has 0 fully saturated rings. The van der Waals surface area contributed by atoms with Crippen LogP contribution in [0, 0.1) is 5.92 Å². The van der Waals surface area contributed by atoms with Gasteiger partial charge in [-0.3, -0.25) is 4.79 Å². The first kappa shape index (κ1) is 17.8. The van der Waals surface area contributed by atoms with E-state index in [1.165, 1.54) is 0 Å². The van der Waals surface area contributed by atoms with Gasteiger partial charge in [0.2, 0.25) is 0 Å². The lowest BCUT2D eigenvalue weighted by molar-refractivity contribution is -0.140. The molecule has 1 rings (SSSR count). The smallest absolute Gasteiger partial charge is 0.320 e. The molecule has 0 heterocycles. The second-order valence-electron chi connectivity index (χ2n) is 5.20. The second kappa shape index (κ2) is 8.24. The zero-order valence-corrected chi connectivity index (χ0v) is 14.4. The topological polar surface area (TPSA) is 67.8 Å². The maximum Gasteiger partial charge on any atom is 0.320 e. The predicted octanol–water partition coefficient (Wildman–Crippen LogP) is 3.06. The first-order valence-corrected chi connectivity index (χ1v) is 7.54. The maximum absolute atomic E-state index is 11.2. The van der Waals surface area contributed by atoms with Crippen LogP contribution in [0.4, 0.5) is 0 Å². The molecule has 0 amide bonds. The molecular formula is C15H22BrNO4. The highest BCUT2D eigenvalue weighted by Gasteiger charge is 2.19. The van der Waals surface area contributed by atoms with Gasteiger partial charge in [-0.05, 0) is 30.0 Å². The number of carboxylic acids is 1. The Kier molecular flexibility index (Phi) is 6.98.